The average molecular weight is 445 g/mol. The Labute approximate surface area is 176 Å². The normalized spacial score (nSPS) is 11.9. The summed E-state index contributed by atoms with van der Waals surface area (Å²) in [5, 5.41) is 11.6. The minimum Gasteiger partial charge on any atom is -0.332 e. The van der Waals surface area contributed by atoms with Crippen LogP contribution in [0.5, 0.6) is 0 Å². The van der Waals surface area contributed by atoms with E-state index in [1.165, 1.54) is 24.3 Å². The fourth-order valence-corrected chi connectivity index (χ4v) is 3.71. The summed E-state index contributed by atoms with van der Waals surface area (Å²) < 4.78 is 66.8. The standard InChI is InChI=1S/C21H14F3N3O3S/c22-14-3-8-17(9-4-14)31(29,30)27-16-6-1-13(2-7-16)21(28)26-20(12-25)18-10-5-15(23)11-19(18)24/h1-11,20,27H,(H,26,28). The van der Waals surface area contributed by atoms with Gasteiger partial charge in [0, 0.05) is 22.9 Å². The number of halogens is 3. The number of hydrogen-bond donors (Lipinski definition) is 2. The van der Waals surface area contributed by atoms with E-state index in [2.05, 4.69) is 10.0 Å². The molecule has 0 aliphatic rings. The molecule has 0 saturated heterocycles. The number of benzene rings is 3. The van der Waals surface area contributed by atoms with Crippen LogP contribution in [-0.2, 0) is 10.0 Å². The van der Waals surface area contributed by atoms with Gasteiger partial charge in [-0.3, -0.25) is 9.52 Å². The SMILES string of the molecule is N#CC(NC(=O)c1ccc(NS(=O)(=O)c2ccc(F)cc2)cc1)c1ccc(F)cc1F. The smallest absolute Gasteiger partial charge is 0.261 e. The Morgan fingerprint density at radius 3 is 2.10 bits per heavy atom. The minimum absolute atomic E-state index is 0.0764. The Kier molecular flexibility index (Phi) is 6.27. The molecular weight excluding hydrogens is 431 g/mol. The number of nitriles is 1. The predicted octanol–water partition coefficient (Wildman–Crippen LogP) is 3.90. The van der Waals surface area contributed by atoms with Crippen LogP contribution in [0.1, 0.15) is 22.0 Å². The summed E-state index contributed by atoms with van der Waals surface area (Å²) in [5.41, 5.74) is 0.0238. The Balaban J connectivity index is 1.72. The first-order chi connectivity index (χ1) is 14.7. The van der Waals surface area contributed by atoms with E-state index in [0.29, 0.717) is 6.07 Å². The van der Waals surface area contributed by atoms with Gasteiger partial charge in [0.1, 0.15) is 23.5 Å². The number of amides is 1. The second kappa shape index (κ2) is 8.89. The zero-order chi connectivity index (χ0) is 22.6. The van der Waals surface area contributed by atoms with Crippen molar-refractivity contribution >= 4 is 21.6 Å². The molecule has 0 aliphatic heterocycles. The zero-order valence-corrected chi connectivity index (χ0v) is 16.5. The summed E-state index contributed by atoms with van der Waals surface area (Å²) >= 11 is 0. The Bertz CT molecular complexity index is 1260. The van der Waals surface area contributed by atoms with Crippen molar-refractivity contribution in [1.82, 2.24) is 5.32 Å². The molecule has 3 rings (SSSR count). The topological polar surface area (TPSA) is 99.1 Å². The molecule has 2 N–H and O–H groups in total. The molecule has 0 aliphatic carbocycles. The number of sulfonamides is 1. The maximum absolute atomic E-state index is 13.9. The highest BCUT2D eigenvalue weighted by molar-refractivity contribution is 7.92. The fraction of sp³-hybridized carbons (Fsp3) is 0.0476. The van der Waals surface area contributed by atoms with Crippen LogP contribution in [0, 0.1) is 28.8 Å². The molecule has 31 heavy (non-hydrogen) atoms. The molecule has 1 atom stereocenters. The van der Waals surface area contributed by atoms with Crippen molar-refractivity contribution in [1.29, 1.82) is 5.26 Å². The van der Waals surface area contributed by atoms with E-state index in [9.17, 15) is 31.6 Å². The van der Waals surface area contributed by atoms with E-state index in [0.717, 1.165) is 36.4 Å². The third kappa shape index (κ3) is 5.21. The summed E-state index contributed by atoms with van der Waals surface area (Å²) in [6.45, 7) is 0. The lowest BCUT2D eigenvalue weighted by Gasteiger charge is -2.13. The number of nitrogens with one attached hydrogen (secondary N) is 2. The highest BCUT2D eigenvalue weighted by atomic mass is 32.2. The van der Waals surface area contributed by atoms with Crippen molar-refractivity contribution in [3.63, 3.8) is 0 Å². The summed E-state index contributed by atoms with van der Waals surface area (Å²) in [5.74, 6) is -3.09. The monoisotopic (exact) mass is 445 g/mol. The Morgan fingerprint density at radius 1 is 0.903 bits per heavy atom. The molecule has 0 bridgehead atoms. The Morgan fingerprint density at radius 2 is 1.52 bits per heavy atom. The summed E-state index contributed by atoms with van der Waals surface area (Å²) in [6, 6.07) is 12.5. The van der Waals surface area contributed by atoms with Crippen LogP contribution in [-0.4, -0.2) is 14.3 Å². The lowest BCUT2D eigenvalue weighted by molar-refractivity contribution is 0.0944. The predicted molar refractivity (Wildman–Crippen MR) is 106 cm³/mol. The molecule has 6 nitrogen and oxygen atoms in total. The highest BCUT2D eigenvalue weighted by Crippen LogP contribution is 2.20. The van der Waals surface area contributed by atoms with Gasteiger partial charge in [0.2, 0.25) is 0 Å². The molecule has 0 aromatic heterocycles. The third-order valence-corrected chi connectivity index (χ3v) is 5.60. The summed E-state index contributed by atoms with van der Waals surface area (Å²) in [6.07, 6.45) is 0. The van der Waals surface area contributed by atoms with E-state index >= 15 is 0 Å². The maximum Gasteiger partial charge on any atom is 0.261 e. The summed E-state index contributed by atoms with van der Waals surface area (Å²) in [7, 11) is -3.96. The van der Waals surface area contributed by atoms with Gasteiger partial charge in [0.25, 0.3) is 15.9 Å². The molecule has 0 radical (unpaired) electrons. The van der Waals surface area contributed by atoms with Crippen molar-refractivity contribution in [3.05, 3.63) is 95.3 Å². The van der Waals surface area contributed by atoms with E-state index < -0.39 is 39.4 Å². The number of nitrogens with zero attached hydrogens (tertiary/aromatic N) is 1. The van der Waals surface area contributed by atoms with Crippen LogP contribution >= 0.6 is 0 Å². The lowest BCUT2D eigenvalue weighted by Crippen LogP contribution is -2.28. The number of hydrogen-bond acceptors (Lipinski definition) is 4. The molecule has 1 amide bonds. The lowest BCUT2D eigenvalue weighted by atomic mass is 10.1. The van der Waals surface area contributed by atoms with Crippen molar-refractivity contribution in [2.75, 3.05) is 4.72 Å². The largest absolute Gasteiger partial charge is 0.332 e. The summed E-state index contributed by atoms with van der Waals surface area (Å²) in [4.78, 5) is 12.2. The van der Waals surface area contributed by atoms with Gasteiger partial charge in [-0.25, -0.2) is 21.6 Å². The fourth-order valence-electron chi connectivity index (χ4n) is 2.65. The van der Waals surface area contributed by atoms with Gasteiger partial charge in [-0.1, -0.05) is 6.07 Å². The van der Waals surface area contributed by atoms with Crippen LogP contribution in [0.25, 0.3) is 0 Å². The first kappa shape index (κ1) is 21.9. The molecule has 1 unspecified atom stereocenters. The molecular formula is C21H14F3N3O3S. The van der Waals surface area contributed by atoms with Gasteiger partial charge in [-0.2, -0.15) is 5.26 Å². The minimum atomic E-state index is -3.96. The first-order valence-electron chi connectivity index (χ1n) is 8.73. The first-order valence-corrected chi connectivity index (χ1v) is 10.2. The average Bonchev–Trinajstić information content (AvgIpc) is 2.73. The molecule has 3 aromatic rings. The molecule has 3 aromatic carbocycles. The highest BCUT2D eigenvalue weighted by Gasteiger charge is 2.20. The molecule has 10 heteroatoms. The van der Waals surface area contributed by atoms with Gasteiger partial charge in [0.05, 0.1) is 11.0 Å². The van der Waals surface area contributed by atoms with E-state index in [-0.39, 0.29) is 21.7 Å². The van der Waals surface area contributed by atoms with Crippen LogP contribution < -0.4 is 10.0 Å². The Hall–Kier alpha value is -3.84. The molecule has 0 spiro atoms. The number of anilines is 1. The molecule has 0 saturated carbocycles. The van der Waals surface area contributed by atoms with Crippen LogP contribution in [0.3, 0.4) is 0 Å². The van der Waals surface area contributed by atoms with Gasteiger partial charge >= 0.3 is 0 Å². The van der Waals surface area contributed by atoms with Crippen molar-refractivity contribution in [3.8, 4) is 6.07 Å². The quantitative estimate of drug-likeness (QED) is 0.601. The maximum atomic E-state index is 13.9. The van der Waals surface area contributed by atoms with Gasteiger partial charge in [-0.15, -0.1) is 0 Å². The third-order valence-electron chi connectivity index (χ3n) is 4.20. The van der Waals surface area contributed by atoms with Crippen LogP contribution in [0.4, 0.5) is 18.9 Å². The molecule has 0 heterocycles. The van der Waals surface area contributed by atoms with Gasteiger partial charge in [-0.05, 0) is 54.6 Å². The number of carbonyl (C=O) groups excluding carboxylic acids is 1. The van der Waals surface area contributed by atoms with E-state index in [1.807, 2.05) is 0 Å². The second-order valence-corrected chi connectivity index (χ2v) is 8.02. The number of rotatable bonds is 6. The number of carbonyl (C=O) groups is 1. The molecule has 0 fully saturated rings. The van der Waals surface area contributed by atoms with Crippen molar-refractivity contribution < 1.29 is 26.4 Å². The van der Waals surface area contributed by atoms with Crippen molar-refractivity contribution in [2.45, 2.75) is 10.9 Å². The van der Waals surface area contributed by atoms with Gasteiger partial charge in [0.15, 0.2) is 0 Å². The van der Waals surface area contributed by atoms with E-state index in [4.69, 9.17) is 0 Å². The van der Waals surface area contributed by atoms with Crippen LogP contribution in [0.2, 0.25) is 0 Å². The van der Waals surface area contributed by atoms with Gasteiger partial charge < -0.3 is 5.32 Å². The second-order valence-electron chi connectivity index (χ2n) is 6.34. The molecule has 158 valence electrons. The van der Waals surface area contributed by atoms with E-state index in [1.54, 1.807) is 6.07 Å². The van der Waals surface area contributed by atoms with Crippen LogP contribution in [0.15, 0.2) is 71.6 Å². The zero-order valence-electron chi connectivity index (χ0n) is 15.6. The van der Waals surface area contributed by atoms with Crippen molar-refractivity contribution in [2.24, 2.45) is 0 Å².